The van der Waals surface area contributed by atoms with E-state index in [4.69, 9.17) is 4.74 Å². The Morgan fingerprint density at radius 1 is 1.63 bits per heavy atom. The standard InChI is InChI=1S/C12H20N2O3S2/c1-4-17-11(15)7-10-8-18-12(14-10)13-6-5-9(2)19(3)16/h8-9H,4-7H2,1-3H3,(H,13,14). The van der Waals surface area contributed by atoms with Gasteiger partial charge in [-0.05, 0) is 13.3 Å². The number of thiazole rings is 1. The number of nitrogens with zero attached hydrogens (tertiary/aromatic N) is 1. The van der Waals surface area contributed by atoms with E-state index in [9.17, 15) is 9.00 Å². The van der Waals surface area contributed by atoms with Crippen molar-refractivity contribution < 1.29 is 13.7 Å². The molecule has 1 N–H and O–H groups in total. The van der Waals surface area contributed by atoms with Crippen LogP contribution in [0.4, 0.5) is 5.13 Å². The second kappa shape index (κ2) is 8.27. The van der Waals surface area contributed by atoms with Gasteiger partial charge in [0.05, 0.1) is 18.7 Å². The number of esters is 1. The van der Waals surface area contributed by atoms with Crippen molar-refractivity contribution in [3.05, 3.63) is 11.1 Å². The van der Waals surface area contributed by atoms with Gasteiger partial charge in [0.15, 0.2) is 5.13 Å². The van der Waals surface area contributed by atoms with Gasteiger partial charge in [-0.1, -0.05) is 6.92 Å². The molecule has 0 bridgehead atoms. The van der Waals surface area contributed by atoms with Crippen molar-refractivity contribution in [1.82, 2.24) is 4.98 Å². The summed E-state index contributed by atoms with van der Waals surface area (Å²) >= 11 is 1.46. The summed E-state index contributed by atoms with van der Waals surface area (Å²) in [5, 5.41) is 5.98. The summed E-state index contributed by atoms with van der Waals surface area (Å²) in [6, 6.07) is 0. The van der Waals surface area contributed by atoms with Crippen LogP contribution in [0.1, 0.15) is 26.0 Å². The van der Waals surface area contributed by atoms with Gasteiger partial charge in [-0.25, -0.2) is 4.98 Å². The molecule has 7 heteroatoms. The Kier molecular flexibility index (Phi) is 7.01. The zero-order valence-corrected chi connectivity index (χ0v) is 13.1. The van der Waals surface area contributed by atoms with Gasteiger partial charge in [-0.2, -0.15) is 0 Å². The minimum Gasteiger partial charge on any atom is -0.466 e. The average molecular weight is 304 g/mol. The number of carbonyl (C=O) groups excluding carboxylic acids is 1. The second-order valence-corrected chi connectivity index (χ2v) is 6.81. The summed E-state index contributed by atoms with van der Waals surface area (Å²) in [5.74, 6) is -0.255. The van der Waals surface area contributed by atoms with E-state index in [1.165, 1.54) is 11.3 Å². The van der Waals surface area contributed by atoms with Crippen LogP contribution in [0.25, 0.3) is 0 Å². The SMILES string of the molecule is CCOC(=O)Cc1csc(NCCC(C)S(C)=O)n1. The monoisotopic (exact) mass is 304 g/mol. The Balaban J connectivity index is 2.34. The molecular weight excluding hydrogens is 284 g/mol. The van der Waals surface area contributed by atoms with Gasteiger partial charge in [0.1, 0.15) is 0 Å². The Morgan fingerprint density at radius 2 is 2.37 bits per heavy atom. The highest BCUT2D eigenvalue weighted by atomic mass is 32.2. The average Bonchev–Trinajstić information content (AvgIpc) is 2.76. The number of hydrogen-bond donors (Lipinski definition) is 1. The molecular formula is C12H20N2O3S2. The molecule has 0 aliphatic heterocycles. The summed E-state index contributed by atoms with van der Waals surface area (Å²) < 4.78 is 16.1. The van der Waals surface area contributed by atoms with Gasteiger partial charge < -0.3 is 10.1 Å². The number of nitrogens with one attached hydrogen (secondary N) is 1. The molecule has 0 amide bonds. The number of carbonyl (C=O) groups is 1. The van der Waals surface area contributed by atoms with Crippen LogP contribution in [0.15, 0.2) is 5.38 Å². The Labute approximate surface area is 120 Å². The maximum absolute atomic E-state index is 11.3. The van der Waals surface area contributed by atoms with Crippen molar-refractivity contribution in [2.75, 3.05) is 24.7 Å². The first-order chi connectivity index (χ1) is 9.02. The van der Waals surface area contributed by atoms with Gasteiger partial charge in [0.2, 0.25) is 0 Å². The lowest BCUT2D eigenvalue weighted by Gasteiger charge is -2.07. The predicted molar refractivity (Wildman–Crippen MR) is 79.1 cm³/mol. The number of aromatic nitrogens is 1. The summed E-state index contributed by atoms with van der Waals surface area (Å²) in [5.41, 5.74) is 0.720. The molecule has 0 aliphatic carbocycles. The van der Waals surface area contributed by atoms with Crippen LogP contribution in [0.2, 0.25) is 0 Å². The second-order valence-electron chi connectivity index (χ2n) is 4.15. The molecule has 1 rings (SSSR count). The van der Waals surface area contributed by atoms with Crippen molar-refractivity contribution in [1.29, 1.82) is 0 Å². The molecule has 0 aromatic carbocycles. The first-order valence-electron chi connectivity index (χ1n) is 6.19. The topological polar surface area (TPSA) is 68.3 Å². The molecule has 2 unspecified atom stereocenters. The molecule has 0 radical (unpaired) electrons. The first-order valence-corrected chi connectivity index (χ1v) is 8.69. The molecule has 0 saturated heterocycles. The highest BCUT2D eigenvalue weighted by molar-refractivity contribution is 7.84. The van der Waals surface area contributed by atoms with E-state index in [0.717, 1.165) is 23.8 Å². The highest BCUT2D eigenvalue weighted by Crippen LogP contribution is 2.16. The van der Waals surface area contributed by atoms with E-state index >= 15 is 0 Å². The molecule has 0 spiro atoms. The zero-order valence-electron chi connectivity index (χ0n) is 11.5. The lowest BCUT2D eigenvalue weighted by molar-refractivity contribution is -0.142. The van der Waals surface area contributed by atoms with E-state index in [1.807, 2.05) is 12.3 Å². The van der Waals surface area contributed by atoms with E-state index in [2.05, 4.69) is 10.3 Å². The molecule has 108 valence electrons. The summed E-state index contributed by atoms with van der Waals surface area (Å²) in [4.78, 5) is 15.6. The summed E-state index contributed by atoms with van der Waals surface area (Å²) in [6.07, 6.45) is 2.75. The third kappa shape index (κ3) is 6.15. The molecule has 0 aliphatic rings. The van der Waals surface area contributed by atoms with Crippen molar-refractivity contribution in [3.63, 3.8) is 0 Å². The van der Waals surface area contributed by atoms with Gasteiger partial charge in [0, 0.05) is 34.2 Å². The summed E-state index contributed by atoms with van der Waals surface area (Å²) in [6.45, 7) is 4.86. The Hall–Kier alpha value is -0.950. The molecule has 0 fully saturated rings. The van der Waals surface area contributed by atoms with Crippen LogP contribution >= 0.6 is 11.3 Å². The third-order valence-corrected chi connectivity index (χ3v) is 4.79. The largest absolute Gasteiger partial charge is 0.466 e. The van der Waals surface area contributed by atoms with E-state index in [1.54, 1.807) is 13.2 Å². The molecule has 19 heavy (non-hydrogen) atoms. The molecule has 5 nitrogen and oxygen atoms in total. The summed E-state index contributed by atoms with van der Waals surface area (Å²) in [7, 11) is -0.791. The fourth-order valence-corrected chi connectivity index (χ4v) is 2.57. The normalized spacial score (nSPS) is 13.8. The number of rotatable bonds is 8. The molecule has 0 saturated carbocycles. The maximum Gasteiger partial charge on any atom is 0.311 e. The Bertz CT molecular complexity index is 434. The molecule has 2 atom stereocenters. The van der Waals surface area contributed by atoms with E-state index in [-0.39, 0.29) is 17.6 Å². The fraction of sp³-hybridized carbons (Fsp3) is 0.667. The van der Waals surface area contributed by atoms with Crippen LogP contribution < -0.4 is 5.32 Å². The minimum absolute atomic E-state index is 0.173. The Morgan fingerprint density at radius 3 is 3.00 bits per heavy atom. The van der Waals surface area contributed by atoms with Gasteiger partial charge in [0.25, 0.3) is 0 Å². The highest BCUT2D eigenvalue weighted by Gasteiger charge is 2.09. The number of hydrogen-bond acceptors (Lipinski definition) is 6. The number of ether oxygens (including phenoxy) is 1. The molecule has 1 heterocycles. The maximum atomic E-state index is 11.3. The van der Waals surface area contributed by atoms with Gasteiger partial charge in [-0.15, -0.1) is 11.3 Å². The lowest BCUT2D eigenvalue weighted by atomic mass is 10.3. The van der Waals surface area contributed by atoms with Crippen LogP contribution in [0.5, 0.6) is 0 Å². The van der Waals surface area contributed by atoms with Crippen LogP contribution in [-0.4, -0.2) is 39.8 Å². The lowest BCUT2D eigenvalue weighted by Crippen LogP contribution is -2.14. The quantitative estimate of drug-likeness (QED) is 0.742. The van der Waals surface area contributed by atoms with Crippen molar-refractivity contribution in [2.45, 2.75) is 31.9 Å². The first kappa shape index (κ1) is 16.1. The fourth-order valence-electron chi connectivity index (χ4n) is 1.38. The van der Waals surface area contributed by atoms with Crippen molar-refractivity contribution in [2.24, 2.45) is 0 Å². The van der Waals surface area contributed by atoms with E-state index < -0.39 is 10.8 Å². The third-order valence-electron chi connectivity index (χ3n) is 2.58. The van der Waals surface area contributed by atoms with Crippen LogP contribution in [0.3, 0.4) is 0 Å². The van der Waals surface area contributed by atoms with Crippen molar-refractivity contribution >= 4 is 33.2 Å². The minimum atomic E-state index is -0.791. The van der Waals surface area contributed by atoms with Gasteiger partial charge in [-0.3, -0.25) is 9.00 Å². The predicted octanol–water partition coefficient (Wildman–Crippen LogP) is 1.82. The van der Waals surface area contributed by atoms with Gasteiger partial charge >= 0.3 is 5.97 Å². The smallest absolute Gasteiger partial charge is 0.311 e. The van der Waals surface area contributed by atoms with Crippen molar-refractivity contribution in [3.8, 4) is 0 Å². The number of anilines is 1. The van der Waals surface area contributed by atoms with Crippen LogP contribution in [-0.2, 0) is 26.8 Å². The molecule has 1 aromatic heterocycles. The zero-order chi connectivity index (χ0) is 14.3. The van der Waals surface area contributed by atoms with E-state index in [0.29, 0.717) is 6.61 Å². The van der Waals surface area contributed by atoms with Crippen LogP contribution in [0, 0.1) is 0 Å². The molecule has 1 aromatic rings.